The summed E-state index contributed by atoms with van der Waals surface area (Å²) in [4.78, 5) is 26.9. The van der Waals surface area contributed by atoms with Gasteiger partial charge in [-0.1, -0.05) is 0 Å². The highest BCUT2D eigenvalue weighted by Crippen LogP contribution is 2.27. The van der Waals surface area contributed by atoms with Gasteiger partial charge in [-0.15, -0.1) is 11.3 Å². The molecule has 2 fully saturated rings. The lowest BCUT2D eigenvalue weighted by Gasteiger charge is -2.38. The number of carboxylic acid groups (broad SMARTS) is 1. The number of amides is 1. The fourth-order valence-electron chi connectivity index (χ4n) is 3.46. The van der Waals surface area contributed by atoms with E-state index in [1.807, 2.05) is 23.3 Å². The number of nitrogens with zero attached hydrogens (tertiary/aromatic N) is 2. The maximum atomic E-state index is 12.7. The van der Waals surface area contributed by atoms with E-state index in [0.717, 1.165) is 62.8 Å². The van der Waals surface area contributed by atoms with Crippen molar-refractivity contribution in [3.05, 3.63) is 21.9 Å². The van der Waals surface area contributed by atoms with Crippen molar-refractivity contribution in [1.29, 1.82) is 0 Å². The van der Waals surface area contributed by atoms with Gasteiger partial charge in [0.1, 0.15) is 0 Å². The van der Waals surface area contributed by atoms with Crippen LogP contribution < -0.4 is 0 Å². The normalized spacial score (nSPS) is 22.5. The van der Waals surface area contributed by atoms with Gasteiger partial charge in [0.2, 0.25) is 0 Å². The van der Waals surface area contributed by atoms with Crippen molar-refractivity contribution in [2.45, 2.75) is 25.6 Å². The lowest BCUT2D eigenvalue weighted by Crippen LogP contribution is -2.49. The molecule has 0 saturated carbocycles. The minimum absolute atomic E-state index is 0.167. The van der Waals surface area contributed by atoms with Crippen LogP contribution in [-0.4, -0.2) is 92.1 Å². The first-order chi connectivity index (χ1) is 14.1. The maximum absolute atomic E-state index is 12.7. The molecule has 0 radical (unpaired) electrons. The third kappa shape index (κ3) is 6.93. The topological polar surface area (TPSA) is 79.3 Å². The molecule has 1 aromatic rings. The molecule has 0 aliphatic carbocycles. The standard InChI is InChI=1S/C17H26N2O3S.C2HF3O2/c1-13-4-10-23-16(13)17(20)19-5-3-14-11-18(6-8-21-2)7-9-22-15(14)12-19;3-2(4,5)1(6)7/h4,10,14-15H,3,5-9,11-12H2,1-2H3;(H,6,7)/t14-,15-;/m1./s1. The summed E-state index contributed by atoms with van der Waals surface area (Å²) in [7, 11) is 1.74. The van der Waals surface area contributed by atoms with Gasteiger partial charge >= 0.3 is 12.1 Å². The average molecular weight is 452 g/mol. The number of thiophene rings is 1. The zero-order chi connectivity index (χ0) is 22.3. The van der Waals surface area contributed by atoms with Crippen LogP contribution in [0.3, 0.4) is 0 Å². The van der Waals surface area contributed by atoms with Gasteiger partial charge < -0.3 is 19.5 Å². The molecule has 30 heavy (non-hydrogen) atoms. The summed E-state index contributed by atoms with van der Waals surface area (Å²) in [5.41, 5.74) is 1.08. The Kier molecular flexibility index (Phi) is 9.08. The maximum Gasteiger partial charge on any atom is 0.490 e. The summed E-state index contributed by atoms with van der Waals surface area (Å²) in [6.45, 7) is 8.03. The summed E-state index contributed by atoms with van der Waals surface area (Å²) in [6.07, 6.45) is -3.90. The third-order valence-electron chi connectivity index (χ3n) is 5.13. The van der Waals surface area contributed by atoms with E-state index in [4.69, 9.17) is 19.4 Å². The predicted octanol–water partition coefficient (Wildman–Crippen LogP) is 2.50. The highest BCUT2D eigenvalue weighted by molar-refractivity contribution is 7.12. The first-order valence-corrected chi connectivity index (χ1v) is 10.5. The number of carboxylic acids is 1. The number of fused-ring (bicyclic) bond motifs is 1. The number of hydrogen-bond acceptors (Lipinski definition) is 6. The molecule has 0 unspecified atom stereocenters. The highest BCUT2D eigenvalue weighted by Gasteiger charge is 2.38. The fourth-order valence-corrected chi connectivity index (χ4v) is 4.35. The highest BCUT2D eigenvalue weighted by atomic mass is 32.1. The van der Waals surface area contributed by atoms with Gasteiger partial charge in [-0.25, -0.2) is 4.79 Å². The van der Waals surface area contributed by atoms with Crippen molar-refractivity contribution in [2.75, 3.05) is 53.0 Å². The SMILES string of the molecule is COCCN1CCO[C@@H]2CN(C(=O)c3sccc3C)CC[C@@H]2C1.O=C(O)C(F)(F)F. The molecule has 3 rings (SSSR count). The number of methoxy groups -OCH3 is 1. The van der Waals surface area contributed by atoms with Crippen LogP contribution in [0.5, 0.6) is 0 Å². The Morgan fingerprint density at radius 3 is 2.60 bits per heavy atom. The van der Waals surface area contributed by atoms with E-state index < -0.39 is 12.1 Å². The summed E-state index contributed by atoms with van der Waals surface area (Å²) in [5.74, 6) is -2.07. The second-order valence-corrected chi connectivity index (χ2v) is 8.15. The molecule has 1 N–H and O–H groups in total. The van der Waals surface area contributed by atoms with Crippen molar-refractivity contribution in [3.63, 3.8) is 0 Å². The third-order valence-corrected chi connectivity index (χ3v) is 6.13. The molecule has 11 heteroatoms. The second-order valence-electron chi connectivity index (χ2n) is 7.24. The lowest BCUT2D eigenvalue weighted by molar-refractivity contribution is -0.192. The number of halogens is 3. The number of likely N-dealkylation sites (tertiary alicyclic amines) is 1. The molecule has 1 amide bonds. The quantitative estimate of drug-likeness (QED) is 0.756. The van der Waals surface area contributed by atoms with E-state index in [-0.39, 0.29) is 12.0 Å². The van der Waals surface area contributed by atoms with Crippen LogP contribution in [0.4, 0.5) is 13.2 Å². The zero-order valence-corrected chi connectivity index (χ0v) is 17.8. The second kappa shape index (κ2) is 11.1. The summed E-state index contributed by atoms with van der Waals surface area (Å²) >= 11 is 1.54. The average Bonchev–Trinajstić information content (AvgIpc) is 3.01. The first kappa shape index (κ1) is 24.6. The Morgan fingerprint density at radius 2 is 2.03 bits per heavy atom. The number of hydrogen-bond donors (Lipinski definition) is 1. The summed E-state index contributed by atoms with van der Waals surface area (Å²) in [6, 6.07) is 2.01. The number of carbonyl (C=O) groups is 2. The largest absolute Gasteiger partial charge is 0.490 e. The monoisotopic (exact) mass is 452 g/mol. The number of alkyl halides is 3. The van der Waals surface area contributed by atoms with Crippen LogP contribution in [0.15, 0.2) is 11.4 Å². The molecule has 2 aliphatic heterocycles. The molecule has 0 aromatic carbocycles. The number of aliphatic carboxylic acids is 1. The van der Waals surface area contributed by atoms with E-state index >= 15 is 0 Å². The van der Waals surface area contributed by atoms with Crippen LogP contribution in [0, 0.1) is 12.8 Å². The molecule has 2 saturated heterocycles. The van der Waals surface area contributed by atoms with E-state index in [0.29, 0.717) is 5.92 Å². The molecule has 2 aliphatic rings. The van der Waals surface area contributed by atoms with E-state index in [1.54, 1.807) is 18.4 Å². The van der Waals surface area contributed by atoms with Gasteiger partial charge in [0.05, 0.1) is 24.2 Å². The van der Waals surface area contributed by atoms with Crippen LogP contribution in [-0.2, 0) is 14.3 Å². The fraction of sp³-hybridized carbons (Fsp3) is 0.684. The Balaban J connectivity index is 0.000000396. The Morgan fingerprint density at radius 1 is 1.33 bits per heavy atom. The Labute approximate surface area is 177 Å². The van der Waals surface area contributed by atoms with Gasteiger partial charge in [0, 0.05) is 45.8 Å². The van der Waals surface area contributed by atoms with Gasteiger partial charge in [0.25, 0.3) is 5.91 Å². The smallest absolute Gasteiger partial charge is 0.475 e. The molecule has 1 aromatic heterocycles. The molecule has 3 heterocycles. The number of ether oxygens (including phenoxy) is 2. The van der Waals surface area contributed by atoms with Gasteiger partial charge in [-0.05, 0) is 30.4 Å². The zero-order valence-electron chi connectivity index (χ0n) is 17.0. The van der Waals surface area contributed by atoms with Gasteiger partial charge in [-0.2, -0.15) is 13.2 Å². The van der Waals surface area contributed by atoms with E-state index in [2.05, 4.69) is 4.90 Å². The predicted molar refractivity (Wildman–Crippen MR) is 105 cm³/mol. The van der Waals surface area contributed by atoms with E-state index in [1.165, 1.54) is 0 Å². The Hall–Kier alpha value is -1.69. The number of piperidine rings is 1. The number of aryl methyl sites for hydroxylation is 1. The van der Waals surface area contributed by atoms with Crippen molar-refractivity contribution >= 4 is 23.2 Å². The lowest BCUT2D eigenvalue weighted by atomic mass is 9.93. The first-order valence-electron chi connectivity index (χ1n) is 9.59. The van der Waals surface area contributed by atoms with Crippen LogP contribution >= 0.6 is 11.3 Å². The molecule has 0 bridgehead atoms. The minimum Gasteiger partial charge on any atom is -0.475 e. The van der Waals surface area contributed by atoms with Crippen LogP contribution in [0.25, 0.3) is 0 Å². The summed E-state index contributed by atoms with van der Waals surface area (Å²) < 4.78 is 43.0. The molecular formula is C19H27F3N2O5S. The molecule has 0 spiro atoms. The molecule has 2 atom stereocenters. The van der Waals surface area contributed by atoms with Crippen molar-refractivity contribution in [1.82, 2.24) is 9.80 Å². The van der Waals surface area contributed by atoms with Crippen molar-refractivity contribution in [3.8, 4) is 0 Å². The van der Waals surface area contributed by atoms with Gasteiger partial charge in [-0.3, -0.25) is 9.69 Å². The number of rotatable bonds is 4. The molecule has 7 nitrogen and oxygen atoms in total. The van der Waals surface area contributed by atoms with Gasteiger partial charge in [0.15, 0.2) is 0 Å². The van der Waals surface area contributed by atoms with Crippen LogP contribution in [0.1, 0.15) is 21.7 Å². The minimum atomic E-state index is -5.08. The number of carbonyl (C=O) groups excluding carboxylic acids is 1. The Bertz CT molecular complexity index is 713. The van der Waals surface area contributed by atoms with Crippen molar-refractivity contribution < 1.29 is 37.3 Å². The van der Waals surface area contributed by atoms with E-state index in [9.17, 15) is 18.0 Å². The molecule has 170 valence electrons. The van der Waals surface area contributed by atoms with Crippen LogP contribution in [0.2, 0.25) is 0 Å². The van der Waals surface area contributed by atoms with Crippen molar-refractivity contribution in [2.24, 2.45) is 5.92 Å². The summed E-state index contributed by atoms with van der Waals surface area (Å²) in [5, 5.41) is 9.12. The molecular weight excluding hydrogens is 425 g/mol.